The minimum atomic E-state index is -5.87. The molecule has 0 radical (unpaired) electrons. The van der Waals surface area contributed by atoms with Crippen LogP contribution in [0.25, 0.3) is 22.1 Å². The number of aromatic hydroxyl groups is 1. The molecule has 12 nitrogen and oxygen atoms in total. The van der Waals surface area contributed by atoms with E-state index in [2.05, 4.69) is 19.9 Å². The standard InChI is InChI=1S/C18H13F3N6O6S2/c1-9(28)26-34(30,31)11-4-2-10(3-5-11)22-6-12-14-13(25-17(12)29)7-23-16-15(14)27(8-24-16)35(32,33)18(19,20)21/h2-8,25,29H,1H3,(H,26,28). The number of carbonyl (C=O) groups is 1. The lowest BCUT2D eigenvalue weighted by Gasteiger charge is -2.09. The molecule has 0 aliphatic carbocycles. The van der Waals surface area contributed by atoms with E-state index in [9.17, 15) is 39.9 Å². The summed E-state index contributed by atoms with van der Waals surface area (Å²) < 4.78 is 89.4. The molecule has 1 amide bonds. The van der Waals surface area contributed by atoms with Crippen molar-refractivity contribution in [3.8, 4) is 5.88 Å². The lowest BCUT2D eigenvalue weighted by Crippen LogP contribution is -2.29. The maximum Gasteiger partial charge on any atom is 0.517 e. The van der Waals surface area contributed by atoms with Gasteiger partial charge in [-0.2, -0.15) is 21.6 Å². The number of H-pyrrole nitrogens is 1. The molecule has 0 spiro atoms. The molecule has 3 N–H and O–H groups in total. The highest BCUT2D eigenvalue weighted by Crippen LogP contribution is 2.35. The molecular weight excluding hydrogens is 517 g/mol. The maximum atomic E-state index is 13.2. The van der Waals surface area contributed by atoms with Crippen LogP contribution in [-0.2, 0) is 24.8 Å². The summed E-state index contributed by atoms with van der Waals surface area (Å²) >= 11 is 0. The van der Waals surface area contributed by atoms with E-state index in [0.717, 1.165) is 31.5 Å². The number of hydrogen-bond acceptors (Lipinski definition) is 9. The van der Waals surface area contributed by atoms with Crippen molar-refractivity contribution in [3.05, 3.63) is 42.4 Å². The van der Waals surface area contributed by atoms with Crippen molar-refractivity contribution >= 4 is 59.9 Å². The van der Waals surface area contributed by atoms with Gasteiger partial charge in [-0.1, -0.05) is 0 Å². The zero-order valence-electron chi connectivity index (χ0n) is 17.3. The van der Waals surface area contributed by atoms with Crippen LogP contribution in [0.3, 0.4) is 0 Å². The van der Waals surface area contributed by atoms with E-state index >= 15 is 0 Å². The van der Waals surface area contributed by atoms with Gasteiger partial charge in [0, 0.05) is 18.5 Å². The van der Waals surface area contributed by atoms with Crippen LogP contribution in [0.4, 0.5) is 18.9 Å². The monoisotopic (exact) mass is 530 g/mol. The SMILES string of the molecule is CC(=O)NS(=O)(=O)c1ccc(N=Cc2c(O)[nH]c3cnc4ncn(S(=O)(=O)C(F)(F)F)c4c23)cc1. The third-order valence-electron chi connectivity index (χ3n) is 4.64. The Balaban J connectivity index is 1.82. The van der Waals surface area contributed by atoms with Crippen LogP contribution >= 0.6 is 0 Å². The number of halogens is 3. The molecule has 1 aromatic carbocycles. The Morgan fingerprint density at radius 3 is 2.43 bits per heavy atom. The zero-order valence-corrected chi connectivity index (χ0v) is 18.9. The molecule has 4 rings (SSSR count). The Labute approximate surface area is 194 Å². The fourth-order valence-electron chi connectivity index (χ4n) is 3.16. The number of hydrogen-bond donors (Lipinski definition) is 3. The van der Waals surface area contributed by atoms with Crippen LogP contribution in [0.15, 0.2) is 46.7 Å². The normalized spacial score (nSPS) is 13.1. The number of aliphatic imine (C=N–C) groups is 1. The molecule has 0 fully saturated rings. The van der Waals surface area contributed by atoms with Crippen LogP contribution in [-0.4, -0.2) is 58.5 Å². The van der Waals surface area contributed by atoms with E-state index < -0.39 is 42.9 Å². The minimum absolute atomic E-state index is 0.00678. The topological polar surface area (TPSA) is 176 Å². The second kappa shape index (κ2) is 8.05. The third kappa shape index (κ3) is 4.18. The lowest BCUT2D eigenvalue weighted by molar-refractivity contribution is -0.117. The fraction of sp³-hybridized carbons (Fsp3) is 0.111. The van der Waals surface area contributed by atoms with Crippen molar-refractivity contribution in [2.45, 2.75) is 17.3 Å². The summed E-state index contributed by atoms with van der Waals surface area (Å²) in [4.78, 5) is 24.8. The molecular formula is C18H13F3N6O6S2. The van der Waals surface area contributed by atoms with Gasteiger partial charge in [-0.3, -0.25) is 9.79 Å². The van der Waals surface area contributed by atoms with Gasteiger partial charge >= 0.3 is 15.5 Å². The first-order chi connectivity index (χ1) is 16.2. The summed E-state index contributed by atoms with van der Waals surface area (Å²) in [5.41, 5.74) is -6.48. The van der Waals surface area contributed by atoms with Crippen molar-refractivity contribution in [2.75, 3.05) is 0 Å². The van der Waals surface area contributed by atoms with Crippen molar-refractivity contribution in [3.63, 3.8) is 0 Å². The van der Waals surface area contributed by atoms with Gasteiger partial charge in [0.05, 0.1) is 27.9 Å². The fourth-order valence-corrected chi connectivity index (χ4v) is 4.96. The first-order valence-electron chi connectivity index (χ1n) is 9.28. The second-order valence-corrected chi connectivity index (χ2v) is 10.5. The van der Waals surface area contributed by atoms with Crippen molar-refractivity contribution < 1.29 is 39.9 Å². The van der Waals surface area contributed by atoms with Gasteiger partial charge in [0.2, 0.25) is 5.91 Å². The van der Waals surface area contributed by atoms with E-state index in [4.69, 9.17) is 0 Å². The molecule has 3 heterocycles. The highest BCUT2D eigenvalue weighted by atomic mass is 32.2. The molecule has 0 saturated carbocycles. The molecule has 184 valence electrons. The van der Waals surface area contributed by atoms with Crippen molar-refractivity contribution in [1.82, 2.24) is 23.6 Å². The number of nitrogens with one attached hydrogen (secondary N) is 2. The Hall–Kier alpha value is -3.99. The highest BCUT2D eigenvalue weighted by Gasteiger charge is 2.48. The minimum Gasteiger partial charge on any atom is -0.494 e. The number of imidazole rings is 1. The number of aromatic amines is 1. The van der Waals surface area contributed by atoms with Gasteiger partial charge in [0.15, 0.2) is 11.5 Å². The molecule has 17 heteroatoms. The molecule has 0 unspecified atom stereocenters. The van der Waals surface area contributed by atoms with Crippen molar-refractivity contribution in [1.29, 1.82) is 0 Å². The molecule has 0 atom stereocenters. The van der Waals surface area contributed by atoms with Gasteiger partial charge in [-0.05, 0) is 24.3 Å². The average molecular weight is 530 g/mol. The number of aromatic nitrogens is 4. The Bertz CT molecular complexity index is 1720. The molecule has 0 bridgehead atoms. The number of nitrogens with zero attached hydrogens (tertiary/aromatic N) is 4. The van der Waals surface area contributed by atoms with Crippen LogP contribution in [0.1, 0.15) is 12.5 Å². The van der Waals surface area contributed by atoms with E-state index in [1.807, 2.05) is 0 Å². The molecule has 0 aliphatic heterocycles. The van der Waals surface area contributed by atoms with E-state index in [0.29, 0.717) is 6.33 Å². The summed E-state index contributed by atoms with van der Waals surface area (Å²) in [7, 11) is -9.95. The summed E-state index contributed by atoms with van der Waals surface area (Å²) in [5.74, 6) is -1.32. The largest absolute Gasteiger partial charge is 0.517 e. The van der Waals surface area contributed by atoms with Crippen LogP contribution in [0, 0.1) is 0 Å². The summed E-state index contributed by atoms with van der Waals surface area (Å²) in [6, 6.07) is 4.85. The Morgan fingerprint density at radius 2 is 1.83 bits per heavy atom. The average Bonchev–Trinajstić information content (AvgIpc) is 3.31. The molecule has 0 saturated heterocycles. The van der Waals surface area contributed by atoms with Crippen molar-refractivity contribution in [2.24, 2.45) is 4.99 Å². The van der Waals surface area contributed by atoms with Gasteiger partial charge in [0.1, 0.15) is 11.8 Å². The molecule has 35 heavy (non-hydrogen) atoms. The first-order valence-corrected chi connectivity index (χ1v) is 12.2. The van der Waals surface area contributed by atoms with Gasteiger partial charge in [0.25, 0.3) is 10.0 Å². The number of amides is 1. The van der Waals surface area contributed by atoms with Crippen LogP contribution < -0.4 is 4.72 Å². The first kappa shape index (κ1) is 24.1. The molecule has 3 aromatic heterocycles. The smallest absolute Gasteiger partial charge is 0.494 e. The summed E-state index contributed by atoms with van der Waals surface area (Å²) in [6.07, 6.45) is 2.65. The van der Waals surface area contributed by atoms with E-state index in [-0.39, 0.29) is 36.7 Å². The number of pyridine rings is 1. The van der Waals surface area contributed by atoms with E-state index in [1.165, 1.54) is 12.1 Å². The third-order valence-corrected chi connectivity index (χ3v) is 7.46. The number of fused-ring (bicyclic) bond motifs is 3. The van der Waals surface area contributed by atoms with Gasteiger partial charge in [-0.25, -0.2) is 27.1 Å². The summed E-state index contributed by atoms with van der Waals surface area (Å²) in [5, 5.41) is 10.2. The van der Waals surface area contributed by atoms with Gasteiger partial charge in [-0.15, -0.1) is 0 Å². The van der Waals surface area contributed by atoms with Crippen LogP contribution in [0.5, 0.6) is 5.88 Å². The zero-order chi connectivity index (χ0) is 25.8. The predicted molar refractivity (Wildman–Crippen MR) is 116 cm³/mol. The molecule has 0 aliphatic rings. The number of sulfonamides is 1. The van der Waals surface area contributed by atoms with Crippen LogP contribution in [0.2, 0.25) is 0 Å². The number of rotatable bonds is 5. The predicted octanol–water partition coefficient (Wildman–Crippen LogP) is 1.89. The number of alkyl halides is 3. The lowest BCUT2D eigenvalue weighted by atomic mass is 10.2. The number of carbonyl (C=O) groups excluding carboxylic acids is 1. The maximum absolute atomic E-state index is 13.2. The second-order valence-electron chi connectivity index (χ2n) is 7.01. The quantitative estimate of drug-likeness (QED) is 0.328. The van der Waals surface area contributed by atoms with Gasteiger partial charge < -0.3 is 10.1 Å². The Kier molecular flexibility index (Phi) is 5.55. The Morgan fingerprint density at radius 1 is 1.17 bits per heavy atom. The highest BCUT2D eigenvalue weighted by molar-refractivity contribution is 7.91. The number of benzene rings is 1. The molecule has 4 aromatic rings. The van der Waals surface area contributed by atoms with E-state index in [1.54, 1.807) is 4.72 Å². The summed E-state index contributed by atoms with van der Waals surface area (Å²) in [6.45, 7) is 1.03.